The van der Waals surface area contributed by atoms with Gasteiger partial charge in [-0.25, -0.2) is 0 Å². The van der Waals surface area contributed by atoms with Crippen LogP contribution in [0.1, 0.15) is 24.3 Å². The summed E-state index contributed by atoms with van der Waals surface area (Å²) in [5.41, 5.74) is 6.32. The van der Waals surface area contributed by atoms with E-state index in [1.54, 1.807) is 7.05 Å². The van der Waals surface area contributed by atoms with E-state index in [9.17, 15) is 9.59 Å². The minimum Gasteiger partial charge on any atom is -0.396 e. The van der Waals surface area contributed by atoms with Crippen molar-refractivity contribution in [2.24, 2.45) is 7.05 Å². The summed E-state index contributed by atoms with van der Waals surface area (Å²) in [7, 11) is 1.64. The van der Waals surface area contributed by atoms with Crippen molar-refractivity contribution < 1.29 is 9.59 Å². The lowest BCUT2D eigenvalue weighted by Crippen LogP contribution is -2.41. The smallest absolute Gasteiger partial charge is 0.274 e. The first-order valence-corrected chi connectivity index (χ1v) is 5.84. The lowest BCUT2D eigenvalue weighted by atomic mass is 10.3. The fraction of sp³-hybridized carbons (Fsp3) is 0.545. The van der Waals surface area contributed by atoms with Crippen molar-refractivity contribution in [3.8, 4) is 0 Å². The molecule has 0 fully saturated rings. The molecular weight excluding hydrogens is 234 g/mol. The first kappa shape index (κ1) is 14.0. The molecule has 1 aromatic rings. The van der Waals surface area contributed by atoms with E-state index in [1.807, 2.05) is 13.8 Å². The van der Waals surface area contributed by atoms with Gasteiger partial charge in [0.1, 0.15) is 5.69 Å². The number of nitrogen functional groups attached to an aromatic ring is 1. The van der Waals surface area contributed by atoms with Crippen LogP contribution in [0.2, 0.25) is 0 Å². The van der Waals surface area contributed by atoms with E-state index in [0.29, 0.717) is 24.5 Å². The van der Waals surface area contributed by atoms with E-state index in [4.69, 9.17) is 5.73 Å². The molecule has 1 heterocycles. The molecule has 18 heavy (non-hydrogen) atoms. The van der Waals surface area contributed by atoms with Gasteiger partial charge in [-0.05, 0) is 13.8 Å². The Balaban J connectivity index is 2.83. The molecule has 0 atom stereocenters. The average molecular weight is 253 g/mol. The third-order valence-corrected chi connectivity index (χ3v) is 2.55. The number of likely N-dealkylation sites (N-methyl/N-ethyl adjacent to an activating group) is 2. The van der Waals surface area contributed by atoms with Crippen LogP contribution < -0.4 is 11.1 Å². The Morgan fingerprint density at radius 1 is 1.50 bits per heavy atom. The number of nitrogens with two attached hydrogens (primary N) is 1. The molecule has 0 saturated carbocycles. The monoisotopic (exact) mass is 253 g/mol. The number of aryl methyl sites for hydroxylation is 1. The van der Waals surface area contributed by atoms with Crippen molar-refractivity contribution in [3.63, 3.8) is 0 Å². The van der Waals surface area contributed by atoms with Crippen molar-refractivity contribution in [2.45, 2.75) is 13.8 Å². The molecule has 7 nitrogen and oxygen atoms in total. The summed E-state index contributed by atoms with van der Waals surface area (Å²) >= 11 is 0. The van der Waals surface area contributed by atoms with Gasteiger partial charge in [-0.15, -0.1) is 0 Å². The highest BCUT2D eigenvalue weighted by atomic mass is 16.2. The summed E-state index contributed by atoms with van der Waals surface area (Å²) in [6, 6.07) is 0. The van der Waals surface area contributed by atoms with E-state index < -0.39 is 0 Å². The van der Waals surface area contributed by atoms with Crippen molar-refractivity contribution in [1.29, 1.82) is 0 Å². The van der Waals surface area contributed by atoms with Gasteiger partial charge >= 0.3 is 0 Å². The molecule has 0 saturated heterocycles. The van der Waals surface area contributed by atoms with Crippen LogP contribution in [0, 0.1) is 0 Å². The van der Waals surface area contributed by atoms with Crippen molar-refractivity contribution in [3.05, 3.63) is 11.9 Å². The van der Waals surface area contributed by atoms with Crippen LogP contribution in [0.25, 0.3) is 0 Å². The Morgan fingerprint density at radius 3 is 2.61 bits per heavy atom. The highest BCUT2D eigenvalue weighted by molar-refractivity contribution is 5.99. The van der Waals surface area contributed by atoms with Crippen LogP contribution in [-0.4, -0.2) is 46.1 Å². The number of hydrogen-bond acceptors (Lipinski definition) is 4. The van der Waals surface area contributed by atoms with Gasteiger partial charge in [0.25, 0.3) is 5.91 Å². The van der Waals surface area contributed by atoms with Crippen LogP contribution in [0.4, 0.5) is 5.69 Å². The van der Waals surface area contributed by atoms with Crippen LogP contribution in [0.3, 0.4) is 0 Å². The fourth-order valence-corrected chi connectivity index (χ4v) is 1.62. The minimum atomic E-state index is -0.291. The number of amides is 2. The molecule has 7 heteroatoms. The Hall–Kier alpha value is -2.05. The number of nitrogens with zero attached hydrogens (tertiary/aromatic N) is 3. The highest BCUT2D eigenvalue weighted by Crippen LogP contribution is 2.12. The quantitative estimate of drug-likeness (QED) is 0.746. The Bertz CT molecular complexity index is 421. The van der Waals surface area contributed by atoms with Crippen molar-refractivity contribution in [2.75, 3.05) is 25.4 Å². The Kier molecular flexibility index (Phi) is 4.70. The highest BCUT2D eigenvalue weighted by Gasteiger charge is 2.22. The summed E-state index contributed by atoms with van der Waals surface area (Å²) in [6.07, 6.45) is 1.42. The number of rotatable bonds is 5. The molecule has 0 spiro atoms. The molecule has 0 aliphatic heterocycles. The predicted molar refractivity (Wildman–Crippen MR) is 67.9 cm³/mol. The molecule has 1 aromatic heterocycles. The van der Waals surface area contributed by atoms with Crippen molar-refractivity contribution in [1.82, 2.24) is 20.0 Å². The Labute approximate surface area is 106 Å². The maximum Gasteiger partial charge on any atom is 0.274 e. The van der Waals surface area contributed by atoms with Gasteiger partial charge in [0, 0.05) is 20.1 Å². The number of hydrogen-bond donors (Lipinski definition) is 2. The average Bonchev–Trinajstić information content (AvgIpc) is 2.65. The van der Waals surface area contributed by atoms with E-state index in [2.05, 4.69) is 10.4 Å². The first-order valence-electron chi connectivity index (χ1n) is 5.84. The number of anilines is 1. The van der Waals surface area contributed by atoms with Gasteiger partial charge in [-0.1, -0.05) is 0 Å². The normalized spacial score (nSPS) is 10.2. The zero-order valence-corrected chi connectivity index (χ0v) is 10.9. The van der Waals surface area contributed by atoms with Gasteiger partial charge in [0.05, 0.1) is 18.4 Å². The van der Waals surface area contributed by atoms with Gasteiger partial charge < -0.3 is 16.0 Å². The van der Waals surface area contributed by atoms with Gasteiger partial charge in [0.2, 0.25) is 5.91 Å². The lowest BCUT2D eigenvalue weighted by molar-refractivity contribution is -0.121. The molecule has 0 aliphatic carbocycles. The predicted octanol–water partition coefficient (Wildman–Crippen LogP) is -0.399. The minimum absolute atomic E-state index is 0.0216. The Morgan fingerprint density at radius 2 is 2.17 bits per heavy atom. The van der Waals surface area contributed by atoms with E-state index >= 15 is 0 Å². The molecular formula is C11H19N5O2. The number of carbonyl (C=O) groups is 2. The maximum absolute atomic E-state index is 12.2. The summed E-state index contributed by atoms with van der Waals surface area (Å²) in [5.74, 6) is -0.477. The molecule has 0 bridgehead atoms. The maximum atomic E-state index is 12.2. The van der Waals surface area contributed by atoms with Crippen LogP contribution in [-0.2, 0) is 11.8 Å². The van der Waals surface area contributed by atoms with Crippen LogP contribution in [0.5, 0.6) is 0 Å². The van der Waals surface area contributed by atoms with Crippen LogP contribution >= 0.6 is 0 Å². The third-order valence-electron chi connectivity index (χ3n) is 2.55. The van der Waals surface area contributed by atoms with Gasteiger partial charge in [-0.2, -0.15) is 5.10 Å². The lowest BCUT2D eigenvalue weighted by Gasteiger charge is -2.20. The van der Waals surface area contributed by atoms with Gasteiger partial charge in [0.15, 0.2) is 0 Å². The summed E-state index contributed by atoms with van der Waals surface area (Å²) in [5, 5.41) is 6.57. The van der Waals surface area contributed by atoms with Gasteiger partial charge in [-0.3, -0.25) is 14.3 Å². The zero-order valence-electron chi connectivity index (χ0n) is 10.9. The SMILES string of the molecule is CCNC(=O)CN(CC)C(=O)c1c(N)cnn1C. The van der Waals surface area contributed by atoms with Crippen LogP contribution in [0.15, 0.2) is 6.20 Å². The summed E-state index contributed by atoms with van der Waals surface area (Å²) in [4.78, 5) is 25.2. The van der Waals surface area contributed by atoms with E-state index in [1.165, 1.54) is 15.8 Å². The molecule has 0 aliphatic rings. The molecule has 2 amide bonds. The third kappa shape index (κ3) is 2.99. The molecule has 1 rings (SSSR count). The van der Waals surface area contributed by atoms with Crippen molar-refractivity contribution >= 4 is 17.5 Å². The molecule has 0 aromatic carbocycles. The first-order chi connectivity index (χ1) is 8.51. The molecule has 3 N–H and O–H groups in total. The molecule has 100 valence electrons. The fourth-order valence-electron chi connectivity index (χ4n) is 1.62. The second-order valence-electron chi connectivity index (χ2n) is 3.84. The number of aromatic nitrogens is 2. The molecule has 0 unspecified atom stereocenters. The number of carbonyl (C=O) groups excluding carboxylic acids is 2. The zero-order chi connectivity index (χ0) is 13.7. The second-order valence-corrected chi connectivity index (χ2v) is 3.84. The molecule has 0 radical (unpaired) electrons. The van der Waals surface area contributed by atoms with E-state index in [0.717, 1.165) is 0 Å². The summed E-state index contributed by atoms with van der Waals surface area (Å²) < 4.78 is 1.41. The van der Waals surface area contributed by atoms with E-state index in [-0.39, 0.29) is 18.4 Å². The topological polar surface area (TPSA) is 93.2 Å². The standard InChI is InChI=1S/C11H19N5O2/c1-4-13-9(17)7-16(5-2)11(18)10-8(12)6-14-15(10)3/h6H,4-5,7,12H2,1-3H3,(H,13,17). The largest absolute Gasteiger partial charge is 0.396 e. The second kappa shape index (κ2) is 6.04. The number of nitrogens with one attached hydrogen (secondary N) is 1. The summed E-state index contributed by atoms with van der Waals surface area (Å²) in [6.45, 7) is 4.63.